The molecule has 0 amide bonds. The fourth-order valence-electron chi connectivity index (χ4n) is 1.94. The summed E-state index contributed by atoms with van der Waals surface area (Å²) < 4.78 is 2.21. The Morgan fingerprint density at radius 2 is 2.07 bits per heavy atom. The van der Waals surface area contributed by atoms with E-state index >= 15 is 0 Å². The van der Waals surface area contributed by atoms with E-state index in [9.17, 15) is 4.79 Å². The highest BCUT2D eigenvalue weighted by Gasteiger charge is 2.07. The molecule has 0 fully saturated rings. The van der Waals surface area contributed by atoms with E-state index in [0.29, 0.717) is 6.04 Å². The summed E-state index contributed by atoms with van der Waals surface area (Å²) in [6.07, 6.45) is 3.04. The third-order valence-corrected chi connectivity index (χ3v) is 2.75. The minimum Gasteiger partial charge on any atom is -0.345 e. The van der Waals surface area contributed by atoms with Crippen LogP contribution in [0.25, 0.3) is 10.9 Å². The number of carbonyl (C=O) groups excluding carboxylic acids is 1. The van der Waals surface area contributed by atoms with Gasteiger partial charge in [-0.3, -0.25) is 4.79 Å². The van der Waals surface area contributed by atoms with Crippen molar-refractivity contribution in [3.05, 3.63) is 35.5 Å². The van der Waals surface area contributed by atoms with Gasteiger partial charge < -0.3 is 4.57 Å². The Morgan fingerprint density at radius 1 is 1.33 bits per heavy atom. The second-order valence-electron chi connectivity index (χ2n) is 4.21. The second kappa shape index (κ2) is 3.54. The second-order valence-corrected chi connectivity index (χ2v) is 4.21. The van der Waals surface area contributed by atoms with E-state index in [0.717, 1.165) is 17.4 Å². The molecule has 2 rings (SSSR count). The number of nitrogens with zero attached hydrogens (tertiary/aromatic N) is 1. The Morgan fingerprint density at radius 3 is 2.67 bits per heavy atom. The normalized spacial score (nSPS) is 11.2. The predicted molar refractivity (Wildman–Crippen MR) is 62.4 cm³/mol. The molecule has 2 aromatic rings. The summed E-state index contributed by atoms with van der Waals surface area (Å²) in [7, 11) is 0. The highest BCUT2D eigenvalue weighted by atomic mass is 16.1. The van der Waals surface area contributed by atoms with Gasteiger partial charge in [0.05, 0.1) is 0 Å². The van der Waals surface area contributed by atoms with E-state index in [4.69, 9.17) is 0 Å². The predicted octanol–water partition coefficient (Wildman–Crippen LogP) is 3.34. The average Bonchev–Trinajstić information content (AvgIpc) is 2.56. The van der Waals surface area contributed by atoms with Crippen molar-refractivity contribution >= 4 is 17.2 Å². The zero-order chi connectivity index (χ0) is 11.0. The van der Waals surface area contributed by atoms with Gasteiger partial charge in [-0.05, 0) is 32.4 Å². The maximum atomic E-state index is 10.7. The molecule has 2 heteroatoms. The number of rotatable bonds is 2. The summed E-state index contributed by atoms with van der Waals surface area (Å²) in [6, 6.07) is 6.26. The number of aromatic nitrogens is 1. The number of aldehydes is 1. The molecule has 0 bridgehead atoms. The summed E-state index contributed by atoms with van der Waals surface area (Å²) in [6.45, 7) is 6.39. The summed E-state index contributed by atoms with van der Waals surface area (Å²) in [4.78, 5) is 10.7. The van der Waals surface area contributed by atoms with Gasteiger partial charge in [0.2, 0.25) is 0 Å². The molecule has 0 saturated heterocycles. The standard InChI is InChI=1S/C13H15NO/c1-9(2)14-7-10(3)12-5-4-11(8-15)6-13(12)14/h4-9H,1-3H3. The summed E-state index contributed by atoms with van der Waals surface area (Å²) in [5, 5.41) is 1.23. The Labute approximate surface area is 89.5 Å². The van der Waals surface area contributed by atoms with E-state index in [-0.39, 0.29) is 0 Å². The van der Waals surface area contributed by atoms with Crippen molar-refractivity contribution in [2.24, 2.45) is 0 Å². The first-order chi connectivity index (χ1) is 7.13. The fourth-order valence-corrected chi connectivity index (χ4v) is 1.94. The van der Waals surface area contributed by atoms with Gasteiger partial charge in [-0.25, -0.2) is 0 Å². The quantitative estimate of drug-likeness (QED) is 0.683. The van der Waals surface area contributed by atoms with Crippen molar-refractivity contribution in [2.75, 3.05) is 0 Å². The van der Waals surface area contributed by atoms with Crippen molar-refractivity contribution in [3.8, 4) is 0 Å². The van der Waals surface area contributed by atoms with E-state index < -0.39 is 0 Å². The van der Waals surface area contributed by atoms with Crippen LogP contribution >= 0.6 is 0 Å². The maximum Gasteiger partial charge on any atom is 0.150 e. The van der Waals surface area contributed by atoms with Gasteiger partial charge in [0.15, 0.2) is 0 Å². The van der Waals surface area contributed by atoms with Gasteiger partial charge >= 0.3 is 0 Å². The van der Waals surface area contributed by atoms with Crippen LogP contribution in [0.1, 0.15) is 35.8 Å². The third-order valence-electron chi connectivity index (χ3n) is 2.75. The maximum absolute atomic E-state index is 10.7. The number of hydrogen-bond donors (Lipinski definition) is 0. The van der Waals surface area contributed by atoms with Crippen LogP contribution in [-0.2, 0) is 0 Å². The van der Waals surface area contributed by atoms with E-state index in [1.807, 2.05) is 18.2 Å². The monoisotopic (exact) mass is 201 g/mol. The van der Waals surface area contributed by atoms with Crippen molar-refractivity contribution in [3.63, 3.8) is 0 Å². The van der Waals surface area contributed by atoms with E-state index in [1.165, 1.54) is 10.9 Å². The number of benzene rings is 1. The third kappa shape index (κ3) is 1.56. The van der Waals surface area contributed by atoms with Gasteiger partial charge in [-0.2, -0.15) is 0 Å². The molecule has 2 nitrogen and oxygen atoms in total. The number of fused-ring (bicyclic) bond motifs is 1. The highest BCUT2D eigenvalue weighted by Crippen LogP contribution is 2.24. The van der Waals surface area contributed by atoms with Crippen LogP contribution in [-0.4, -0.2) is 10.9 Å². The molecule has 0 aliphatic carbocycles. The first-order valence-electron chi connectivity index (χ1n) is 5.20. The molecule has 1 heterocycles. The summed E-state index contributed by atoms with van der Waals surface area (Å²) in [5.74, 6) is 0. The molecule has 0 aliphatic rings. The highest BCUT2D eigenvalue weighted by molar-refractivity contribution is 5.89. The molecule has 1 aromatic carbocycles. The van der Waals surface area contributed by atoms with Crippen LogP contribution in [0.3, 0.4) is 0 Å². The lowest BCUT2D eigenvalue weighted by molar-refractivity contribution is 0.112. The lowest BCUT2D eigenvalue weighted by Crippen LogP contribution is -1.98. The smallest absolute Gasteiger partial charge is 0.150 e. The molecule has 0 unspecified atom stereocenters. The SMILES string of the molecule is Cc1cn(C(C)C)c2cc(C=O)ccc12. The topological polar surface area (TPSA) is 22.0 Å². The lowest BCUT2D eigenvalue weighted by Gasteiger charge is -2.08. The van der Waals surface area contributed by atoms with E-state index in [2.05, 4.69) is 31.5 Å². The molecular formula is C13H15NO. The molecule has 0 spiro atoms. The molecule has 1 aromatic heterocycles. The van der Waals surface area contributed by atoms with E-state index in [1.54, 1.807) is 0 Å². The lowest BCUT2D eigenvalue weighted by atomic mass is 10.1. The Balaban J connectivity index is 2.77. The molecule has 0 saturated carbocycles. The van der Waals surface area contributed by atoms with Crippen LogP contribution in [0.2, 0.25) is 0 Å². The number of aryl methyl sites for hydroxylation is 1. The van der Waals surface area contributed by atoms with Gasteiger partial charge in [0.25, 0.3) is 0 Å². The minimum absolute atomic E-state index is 0.420. The van der Waals surface area contributed by atoms with Gasteiger partial charge in [0, 0.05) is 28.7 Å². The summed E-state index contributed by atoms with van der Waals surface area (Å²) in [5.41, 5.74) is 3.14. The van der Waals surface area contributed by atoms with Crippen molar-refractivity contribution < 1.29 is 4.79 Å². The van der Waals surface area contributed by atoms with Crippen molar-refractivity contribution in [1.82, 2.24) is 4.57 Å². The summed E-state index contributed by atoms with van der Waals surface area (Å²) >= 11 is 0. The number of carbonyl (C=O) groups is 1. The van der Waals surface area contributed by atoms with Crippen LogP contribution in [0, 0.1) is 6.92 Å². The minimum atomic E-state index is 0.420. The molecule has 0 N–H and O–H groups in total. The van der Waals surface area contributed by atoms with Crippen LogP contribution < -0.4 is 0 Å². The Hall–Kier alpha value is -1.57. The van der Waals surface area contributed by atoms with Gasteiger partial charge in [0.1, 0.15) is 6.29 Å². The molecule has 78 valence electrons. The fraction of sp³-hybridized carbons (Fsp3) is 0.308. The molecule has 0 aliphatic heterocycles. The van der Waals surface area contributed by atoms with Gasteiger partial charge in [-0.15, -0.1) is 0 Å². The first kappa shape index (κ1) is 9.97. The van der Waals surface area contributed by atoms with Crippen LogP contribution in [0.4, 0.5) is 0 Å². The Kier molecular flexibility index (Phi) is 2.35. The van der Waals surface area contributed by atoms with Gasteiger partial charge in [-0.1, -0.05) is 12.1 Å². The first-order valence-corrected chi connectivity index (χ1v) is 5.20. The molecule has 15 heavy (non-hydrogen) atoms. The van der Waals surface area contributed by atoms with Crippen molar-refractivity contribution in [2.45, 2.75) is 26.8 Å². The zero-order valence-corrected chi connectivity index (χ0v) is 9.32. The molecule has 0 atom stereocenters. The Bertz CT molecular complexity index is 508. The largest absolute Gasteiger partial charge is 0.345 e. The zero-order valence-electron chi connectivity index (χ0n) is 9.32. The number of hydrogen-bond acceptors (Lipinski definition) is 1. The van der Waals surface area contributed by atoms with Crippen molar-refractivity contribution in [1.29, 1.82) is 0 Å². The molecule has 0 radical (unpaired) electrons. The average molecular weight is 201 g/mol. The van der Waals surface area contributed by atoms with Crippen LogP contribution in [0.5, 0.6) is 0 Å². The molecular weight excluding hydrogens is 186 g/mol. The van der Waals surface area contributed by atoms with Crippen LogP contribution in [0.15, 0.2) is 24.4 Å².